The number of benzene rings is 6. The van der Waals surface area contributed by atoms with E-state index in [9.17, 15) is 5.26 Å². The fourth-order valence-electron chi connectivity index (χ4n) is 8.52. The van der Waals surface area contributed by atoms with E-state index < -0.39 is 0 Å². The van der Waals surface area contributed by atoms with Crippen LogP contribution in [0.3, 0.4) is 0 Å². The molecule has 11 rings (SSSR count). The van der Waals surface area contributed by atoms with Crippen molar-refractivity contribution in [3.8, 4) is 73.1 Å². The third-order valence-corrected chi connectivity index (χ3v) is 11.4. The zero-order valence-electron chi connectivity index (χ0n) is 32.2. The summed E-state index contributed by atoms with van der Waals surface area (Å²) in [6.07, 6.45) is 10.9. The molecule has 0 aliphatic rings. The van der Waals surface area contributed by atoms with Gasteiger partial charge in [0.15, 0.2) is 0 Å². The van der Waals surface area contributed by atoms with Crippen molar-refractivity contribution in [2.24, 2.45) is 0 Å². The van der Waals surface area contributed by atoms with Crippen LogP contribution in [0, 0.1) is 11.3 Å². The molecule has 6 aromatic carbocycles. The van der Waals surface area contributed by atoms with Gasteiger partial charge in [0.1, 0.15) is 0 Å². The summed E-state index contributed by atoms with van der Waals surface area (Å²) in [4.78, 5) is 23.6. The van der Waals surface area contributed by atoms with Crippen LogP contribution in [0.1, 0.15) is 5.56 Å². The van der Waals surface area contributed by atoms with Gasteiger partial charge in [-0.1, -0.05) is 84.9 Å². The van der Waals surface area contributed by atoms with Gasteiger partial charge in [0.25, 0.3) is 0 Å². The van der Waals surface area contributed by atoms with Gasteiger partial charge in [0.05, 0.1) is 34.1 Å². The number of hydrogen-bond acceptors (Lipinski definition) is 6. The highest BCUT2D eigenvalue weighted by Gasteiger charge is 2.18. The first kappa shape index (κ1) is 34.8. The van der Waals surface area contributed by atoms with Crippen molar-refractivity contribution in [1.29, 1.82) is 5.26 Å². The first-order chi connectivity index (χ1) is 29.7. The minimum absolute atomic E-state index is 0.678. The number of aromatic nitrogens is 5. The summed E-state index contributed by atoms with van der Waals surface area (Å²) in [5, 5.41) is 16.1. The molecule has 11 aromatic rings. The van der Waals surface area contributed by atoms with Crippen molar-refractivity contribution in [2.45, 2.75) is 0 Å². The molecule has 5 aromatic heterocycles. The zero-order valence-corrected chi connectivity index (χ0v) is 32.2. The number of nitriles is 1. The van der Waals surface area contributed by atoms with E-state index in [0.717, 1.165) is 110 Å². The van der Waals surface area contributed by atoms with Gasteiger partial charge < -0.3 is 0 Å². The van der Waals surface area contributed by atoms with Crippen molar-refractivity contribution in [3.63, 3.8) is 0 Å². The van der Waals surface area contributed by atoms with Gasteiger partial charge >= 0.3 is 0 Å². The first-order valence-corrected chi connectivity index (χ1v) is 19.8. The van der Waals surface area contributed by atoms with Crippen LogP contribution in [-0.4, -0.2) is 24.9 Å². The highest BCUT2D eigenvalue weighted by molar-refractivity contribution is 6.22. The van der Waals surface area contributed by atoms with E-state index in [1.54, 1.807) is 24.8 Å². The topological polar surface area (TPSA) is 88.2 Å². The van der Waals surface area contributed by atoms with Gasteiger partial charge in [-0.25, -0.2) is 4.98 Å². The second-order valence-electron chi connectivity index (χ2n) is 14.8. The molecule has 0 N–H and O–H groups in total. The second-order valence-corrected chi connectivity index (χ2v) is 14.8. The fourth-order valence-corrected chi connectivity index (χ4v) is 8.52. The molecule has 6 heteroatoms. The summed E-state index contributed by atoms with van der Waals surface area (Å²) in [6, 6.07) is 57.0. The van der Waals surface area contributed by atoms with E-state index in [0.29, 0.717) is 5.56 Å². The first-order valence-electron chi connectivity index (χ1n) is 19.8. The van der Waals surface area contributed by atoms with E-state index in [-0.39, 0.29) is 0 Å². The third kappa shape index (κ3) is 6.01. The number of pyridine rings is 5. The van der Waals surface area contributed by atoms with Crippen molar-refractivity contribution >= 4 is 43.4 Å². The number of fused-ring (bicyclic) bond motifs is 6. The largest absolute Gasteiger partial charge is 0.265 e. The maximum atomic E-state index is 9.73. The normalized spacial score (nSPS) is 11.3. The summed E-state index contributed by atoms with van der Waals surface area (Å²) in [7, 11) is 0. The van der Waals surface area contributed by atoms with E-state index in [2.05, 4.69) is 107 Å². The maximum absolute atomic E-state index is 9.73. The predicted octanol–water partition coefficient (Wildman–Crippen LogP) is 13.1. The minimum atomic E-state index is 0.678. The molecule has 5 heterocycles. The minimum Gasteiger partial charge on any atom is -0.265 e. The maximum Gasteiger partial charge on any atom is 0.0998 e. The highest BCUT2D eigenvalue weighted by atomic mass is 14.7. The van der Waals surface area contributed by atoms with Gasteiger partial charge in [-0.15, -0.1) is 0 Å². The Morgan fingerprint density at radius 2 is 0.867 bits per heavy atom. The average Bonchev–Trinajstić information content (AvgIpc) is 3.33. The molecular formula is C54H32N6. The standard InChI is InChI=1S/C54H32N6/c55-33-40-16-17-43(44-9-2-1-8-42(40)44)34-12-14-35(15-13-34)47-31-49-46-11-5-23-59-54(46)48(32-50(49)45-10-4-22-58-53(45)47)39-7-3-6-38(28-39)41-29-51(36-18-24-56-25-19-36)60-52(30-41)37-20-26-57-27-21-37/h1-32H. The Bertz CT molecular complexity index is 3430. The van der Waals surface area contributed by atoms with Crippen molar-refractivity contribution in [1.82, 2.24) is 24.9 Å². The summed E-state index contributed by atoms with van der Waals surface area (Å²) < 4.78 is 0. The molecule has 0 atom stereocenters. The lowest BCUT2D eigenvalue weighted by Crippen LogP contribution is -1.93. The van der Waals surface area contributed by atoms with Gasteiger partial charge in [-0.2, -0.15) is 5.26 Å². The lowest BCUT2D eigenvalue weighted by atomic mass is 9.89. The molecule has 0 fully saturated rings. The SMILES string of the molecule is N#Cc1ccc(-c2ccc(-c3cc4c5cccnc5c(-c5cccc(-c6cc(-c7ccncc7)nc(-c7ccncc7)c6)c5)cc4c4cccnc34)cc2)c2ccccc12. The summed E-state index contributed by atoms with van der Waals surface area (Å²) in [5.74, 6) is 0. The average molecular weight is 765 g/mol. The number of nitrogens with zero attached hydrogens (tertiary/aromatic N) is 6. The zero-order chi connectivity index (χ0) is 40.0. The Morgan fingerprint density at radius 3 is 1.47 bits per heavy atom. The molecule has 0 aliphatic carbocycles. The van der Waals surface area contributed by atoms with Crippen molar-refractivity contribution in [3.05, 3.63) is 200 Å². The number of rotatable bonds is 6. The van der Waals surface area contributed by atoms with Crippen LogP contribution in [0.4, 0.5) is 0 Å². The fraction of sp³-hybridized carbons (Fsp3) is 0. The lowest BCUT2D eigenvalue weighted by Gasteiger charge is -2.16. The molecule has 6 nitrogen and oxygen atoms in total. The molecule has 0 saturated heterocycles. The van der Waals surface area contributed by atoms with E-state index >= 15 is 0 Å². The van der Waals surface area contributed by atoms with Crippen LogP contribution in [0.2, 0.25) is 0 Å². The molecule has 0 spiro atoms. The quantitative estimate of drug-likeness (QED) is 0.157. The molecule has 0 bridgehead atoms. The molecule has 0 unspecified atom stereocenters. The lowest BCUT2D eigenvalue weighted by molar-refractivity contribution is 1.27. The Balaban J connectivity index is 1.05. The summed E-state index contributed by atoms with van der Waals surface area (Å²) >= 11 is 0. The molecule has 60 heavy (non-hydrogen) atoms. The van der Waals surface area contributed by atoms with Crippen LogP contribution >= 0.6 is 0 Å². The van der Waals surface area contributed by atoms with Crippen LogP contribution in [-0.2, 0) is 0 Å². The van der Waals surface area contributed by atoms with Crippen LogP contribution in [0.15, 0.2) is 195 Å². The molecular weight excluding hydrogens is 733 g/mol. The molecule has 278 valence electrons. The summed E-state index contributed by atoms with van der Waals surface area (Å²) in [6.45, 7) is 0. The smallest absolute Gasteiger partial charge is 0.0998 e. The Kier molecular flexibility index (Phi) is 8.42. The van der Waals surface area contributed by atoms with Gasteiger partial charge in [-0.3, -0.25) is 19.9 Å². The third-order valence-electron chi connectivity index (χ3n) is 11.4. The van der Waals surface area contributed by atoms with Gasteiger partial charge in [0, 0.05) is 75.6 Å². The highest BCUT2D eigenvalue weighted by Crippen LogP contribution is 2.42. The van der Waals surface area contributed by atoms with E-state index in [1.807, 2.05) is 79.1 Å². The Hall–Kier alpha value is -8.40. The molecule has 0 radical (unpaired) electrons. The van der Waals surface area contributed by atoms with Crippen molar-refractivity contribution < 1.29 is 0 Å². The van der Waals surface area contributed by atoms with Crippen LogP contribution < -0.4 is 0 Å². The van der Waals surface area contributed by atoms with Crippen LogP contribution in [0.5, 0.6) is 0 Å². The van der Waals surface area contributed by atoms with Crippen molar-refractivity contribution in [2.75, 3.05) is 0 Å². The van der Waals surface area contributed by atoms with E-state index in [1.165, 1.54) is 0 Å². The second kappa shape index (κ2) is 14.5. The van der Waals surface area contributed by atoms with Crippen LogP contribution in [0.25, 0.3) is 110 Å². The van der Waals surface area contributed by atoms with E-state index in [4.69, 9.17) is 15.0 Å². The molecule has 0 amide bonds. The molecule has 0 saturated carbocycles. The Labute approximate surface area is 345 Å². The molecule has 0 aliphatic heterocycles. The number of hydrogen-bond donors (Lipinski definition) is 0. The van der Waals surface area contributed by atoms with Gasteiger partial charge in [-0.05, 0) is 122 Å². The monoisotopic (exact) mass is 764 g/mol. The predicted molar refractivity (Wildman–Crippen MR) is 243 cm³/mol. The van der Waals surface area contributed by atoms with Gasteiger partial charge in [0.2, 0.25) is 0 Å². The summed E-state index contributed by atoms with van der Waals surface area (Å²) in [5.41, 5.74) is 14.9. The Morgan fingerprint density at radius 1 is 0.333 bits per heavy atom.